The summed E-state index contributed by atoms with van der Waals surface area (Å²) in [5, 5.41) is 3.67. The fraction of sp³-hybridized carbons (Fsp3) is 0.786. The summed E-state index contributed by atoms with van der Waals surface area (Å²) in [7, 11) is 2.31. The third kappa shape index (κ3) is 2.04. The summed E-state index contributed by atoms with van der Waals surface area (Å²) in [5.41, 5.74) is 1.29. The first kappa shape index (κ1) is 11.7. The second kappa shape index (κ2) is 4.36. The zero-order valence-corrected chi connectivity index (χ0v) is 11.8. The molecule has 2 aliphatic heterocycles. The van der Waals surface area contributed by atoms with Crippen molar-refractivity contribution in [1.29, 1.82) is 0 Å². The molecule has 2 aliphatic rings. The highest BCUT2D eigenvalue weighted by atomic mass is 32.1. The minimum Gasteiger partial charge on any atom is -0.300 e. The molecule has 3 heterocycles. The molecule has 2 atom stereocenters. The van der Waals surface area contributed by atoms with Crippen molar-refractivity contribution in [2.75, 3.05) is 7.05 Å². The maximum atomic E-state index is 4.86. The van der Waals surface area contributed by atoms with Gasteiger partial charge in [0.05, 0.1) is 10.7 Å². The molecule has 1 aromatic heterocycles. The van der Waals surface area contributed by atoms with Crippen LogP contribution in [0.15, 0.2) is 5.38 Å². The highest BCUT2D eigenvalue weighted by Gasteiger charge is 2.39. The van der Waals surface area contributed by atoms with Crippen LogP contribution >= 0.6 is 11.3 Å². The Bertz CT molecular complexity index is 385. The Hall–Kier alpha value is -0.410. The van der Waals surface area contributed by atoms with E-state index in [4.69, 9.17) is 4.98 Å². The standard InChI is InChI=1S/C14H22N2S/c1-9(2)13-8-17-14(15-13)10-6-11-4-5-12(7-10)16(11)3/h8-12H,4-7H2,1-3H3. The zero-order chi connectivity index (χ0) is 12.0. The molecule has 2 unspecified atom stereocenters. The number of aromatic nitrogens is 1. The van der Waals surface area contributed by atoms with Crippen LogP contribution in [0.1, 0.15) is 62.1 Å². The molecule has 0 saturated carbocycles. The maximum absolute atomic E-state index is 4.86. The number of thiazole rings is 1. The molecule has 0 spiro atoms. The zero-order valence-electron chi connectivity index (χ0n) is 11.0. The van der Waals surface area contributed by atoms with Crippen molar-refractivity contribution >= 4 is 11.3 Å². The minimum absolute atomic E-state index is 0.572. The summed E-state index contributed by atoms with van der Waals surface area (Å²) in [4.78, 5) is 7.46. The largest absolute Gasteiger partial charge is 0.300 e. The summed E-state index contributed by atoms with van der Waals surface area (Å²) in [5.74, 6) is 1.31. The normalized spacial score (nSPS) is 33.5. The molecule has 0 radical (unpaired) electrons. The summed E-state index contributed by atoms with van der Waals surface area (Å²) in [6, 6.07) is 1.65. The van der Waals surface area contributed by atoms with E-state index in [1.165, 1.54) is 36.4 Å². The van der Waals surface area contributed by atoms with E-state index in [2.05, 4.69) is 31.2 Å². The third-order valence-corrected chi connectivity index (χ3v) is 5.60. The highest BCUT2D eigenvalue weighted by molar-refractivity contribution is 7.09. The summed E-state index contributed by atoms with van der Waals surface area (Å²) in [6.45, 7) is 4.47. The molecule has 17 heavy (non-hydrogen) atoms. The van der Waals surface area contributed by atoms with Crippen LogP contribution in [0.5, 0.6) is 0 Å². The lowest BCUT2D eigenvalue weighted by molar-refractivity contribution is 0.161. The van der Waals surface area contributed by atoms with E-state index in [1.807, 2.05) is 11.3 Å². The first-order valence-corrected chi connectivity index (χ1v) is 7.70. The molecule has 2 nitrogen and oxygen atoms in total. The minimum atomic E-state index is 0.572. The van der Waals surface area contributed by atoms with Gasteiger partial charge in [0.15, 0.2) is 0 Å². The molecular weight excluding hydrogens is 228 g/mol. The number of nitrogens with zero attached hydrogens (tertiary/aromatic N) is 2. The van der Waals surface area contributed by atoms with Crippen molar-refractivity contribution < 1.29 is 0 Å². The lowest BCUT2D eigenvalue weighted by Gasteiger charge is -2.35. The summed E-state index contributed by atoms with van der Waals surface area (Å²) >= 11 is 1.89. The van der Waals surface area contributed by atoms with Gasteiger partial charge in [0, 0.05) is 23.4 Å². The van der Waals surface area contributed by atoms with Crippen molar-refractivity contribution in [1.82, 2.24) is 9.88 Å². The highest BCUT2D eigenvalue weighted by Crippen LogP contribution is 2.43. The molecule has 2 bridgehead atoms. The molecule has 2 fully saturated rings. The van der Waals surface area contributed by atoms with E-state index in [0.29, 0.717) is 5.92 Å². The van der Waals surface area contributed by atoms with Crippen LogP contribution in [-0.2, 0) is 0 Å². The van der Waals surface area contributed by atoms with E-state index < -0.39 is 0 Å². The first-order chi connectivity index (χ1) is 8.15. The summed E-state index contributed by atoms with van der Waals surface area (Å²) < 4.78 is 0. The van der Waals surface area contributed by atoms with Gasteiger partial charge in [0.1, 0.15) is 0 Å². The Balaban J connectivity index is 1.77. The van der Waals surface area contributed by atoms with Gasteiger partial charge in [-0.25, -0.2) is 4.98 Å². The average Bonchev–Trinajstić information content (AvgIpc) is 2.83. The Morgan fingerprint density at radius 3 is 2.47 bits per heavy atom. The van der Waals surface area contributed by atoms with Crippen molar-refractivity contribution in [3.05, 3.63) is 16.1 Å². The Kier molecular flexibility index (Phi) is 2.99. The summed E-state index contributed by atoms with van der Waals surface area (Å²) in [6.07, 6.45) is 5.47. The van der Waals surface area contributed by atoms with Crippen molar-refractivity contribution in [3.63, 3.8) is 0 Å². The lowest BCUT2D eigenvalue weighted by Crippen LogP contribution is -2.39. The van der Waals surface area contributed by atoms with Crippen molar-refractivity contribution in [3.8, 4) is 0 Å². The number of fused-ring (bicyclic) bond motifs is 2. The molecular formula is C14H22N2S. The quantitative estimate of drug-likeness (QED) is 0.797. The van der Waals surface area contributed by atoms with Crippen LogP contribution < -0.4 is 0 Å². The van der Waals surface area contributed by atoms with Gasteiger partial charge in [-0.3, -0.25) is 0 Å². The van der Waals surface area contributed by atoms with E-state index in [9.17, 15) is 0 Å². The van der Waals surface area contributed by atoms with Crippen molar-refractivity contribution in [2.45, 2.75) is 63.5 Å². The number of piperidine rings is 1. The predicted octanol–water partition coefficient (Wildman–Crippen LogP) is 3.61. The van der Waals surface area contributed by atoms with Gasteiger partial charge in [0.25, 0.3) is 0 Å². The smallest absolute Gasteiger partial charge is 0.0960 e. The molecule has 3 heteroatoms. The van der Waals surface area contributed by atoms with Crippen molar-refractivity contribution in [2.24, 2.45) is 0 Å². The van der Waals surface area contributed by atoms with E-state index in [1.54, 1.807) is 0 Å². The molecule has 0 amide bonds. The van der Waals surface area contributed by atoms with Gasteiger partial charge in [-0.15, -0.1) is 11.3 Å². The van der Waals surface area contributed by atoms with Gasteiger partial charge in [-0.2, -0.15) is 0 Å². The maximum Gasteiger partial charge on any atom is 0.0960 e. The fourth-order valence-corrected chi connectivity index (χ4v) is 4.48. The second-order valence-electron chi connectivity index (χ2n) is 5.98. The molecule has 1 aromatic rings. The first-order valence-electron chi connectivity index (χ1n) is 6.82. The molecule has 3 rings (SSSR count). The number of hydrogen-bond acceptors (Lipinski definition) is 3. The monoisotopic (exact) mass is 250 g/mol. The van der Waals surface area contributed by atoms with E-state index in [0.717, 1.165) is 18.0 Å². The average molecular weight is 250 g/mol. The van der Waals surface area contributed by atoms with Gasteiger partial charge < -0.3 is 4.90 Å². The second-order valence-corrected chi connectivity index (χ2v) is 6.87. The van der Waals surface area contributed by atoms with Crippen LogP contribution in [0.2, 0.25) is 0 Å². The Morgan fingerprint density at radius 2 is 1.94 bits per heavy atom. The van der Waals surface area contributed by atoms with Crippen LogP contribution in [0, 0.1) is 0 Å². The fourth-order valence-electron chi connectivity index (χ4n) is 3.37. The number of rotatable bonds is 2. The Labute approximate surface area is 108 Å². The van der Waals surface area contributed by atoms with Gasteiger partial charge in [-0.1, -0.05) is 13.8 Å². The third-order valence-electron chi connectivity index (χ3n) is 4.58. The topological polar surface area (TPSA) is 16.1 Å². The predicted molar refractivity (Wildman–Crippen MR) is 72.8 cm³/mol. The molecule has 2 saturated heterocycles. The van der Waals surface area contributed by atoms with Gasteiger partial charge in [0.2, 0.25) is 0 Å². The lowest BCUT2D eigenvalue weighted by atomic mass is 9.91. The molecule has 0 aliphatic carbocycles. The van der Waals surface area contributed by atoms with E-state index >= 15 is 0 Å². The Morgan fingerprint density at radius 1 is 1.29 bits per heavy atom. The van der Waals surface area contributed by atoms with Gasteiger partial charge >= 0.3 is 0 Å². The van der Waals surface area contributed by atoms with Crippen LogP contribution in [0.3, 0.4) is 0 Å². The SMILES string of the molecule is CC(C)c1csc(C2CC3CCC(C2)N3C)n1. The molecule has 0 N–H and O–H groups in total. The van der Waals surface area contributed by atoms with Crippen LogP contribution in [0.4, 0.5) is 0 Å². The van der Waals surface area contributed by atoms with E-state index in [-0.39, 0.29) is 0 Å². The number of hydrogen-bond donors (Lipinski definition) is 0. The molecule has 0 aromatic carbocycles. The molecule has 94 valence electrons. The van der Waals surface area contributed by atoms with Crippen LogP contribution in [0.25, 0.3) is 0 Å². The van der Waals surface area contributed by atoms with Crippen LogP contribution in [-0.4, -0.2) is 29.0 Å². The van der Waals surface area contributed by atoms with Gasteiger partial charge in [-0.05, 0) is 38.6 Å².